The van der Waals surface area contributed by atoms with Gasteiger partial charge in [-0.3, -0.25) is 4.79 Å². The van der Waals surface area contributed by atoms with Crippen LogP contribution in [0.15, 0.2) is 34.9 Å². The highest BCUT2D eigenvalue weighted by Gasteiger charge is 2.20. The minimum Gasteiger partial charge on any atom is -0.497 e. The van der Waals surface area contributed by atoms with Crippen LogP contribution in [-0.2, 0) is 6.42 Å². The maximum atomic E-state index is 12.1. The lowest BCUT2D eigenvalue weighted by Crippen LogP contribution is -2.26. The highest BCUT2D eigenvalue weighted by atomic mass is 16.5. The summed E-state index contributed by atoms with van der Waals surface area (Å²) in [5.74, 6) is 1.19. The van der Waals surface area contributed by atoms with Crippen molar-refractivity contribution in [3.8, 4) is 5.75 Å². The Bertz CT molecular complexity index is 669. The number of rotatable bonds is 8. The molecule has 0 aliphatic rings. The zero-order valence-corrected chi connectivity index (χ0v) is 14.4. The molecule has 2 rings (SSSR count). The Morgan fingerprint density at radius 1 is 1.46 bits per heavy atom. The Labute approximate surface area is 142 Å². The van der Waals surface area contributed by atoms with Gasteiger partial charge in [-0.05, 0) is 30.0 Å². The van der Waals surface area contributed by atoms with E-state index in [1.54, 1.807) is 7.11 Å². The third kappa shape index (κ3) is 4.58. The number of ether oxygens (including phenoxy) is 1. The Morgan fingerprint density at radius 3 is 2.96 bits per heavy atom. The van der Waals surface area contributed by atoms with Gasteiger partial charge in [0.15, 0.2) is 5.69 Å². The molecule has 0 fully saturated rings. The number of methoxy groups -OCH3 is 1. The van der Waals surface area contributed by atoms with Crippen molar-refractivity contribution in [1.29, 1.82) is 0 Å². The van der Waals surface area contributed by atoms with Crippen molar-refractivity contribution in [2.75, 3.05) is 13.7 Å². The fourth-order valence-corrected chi connectivity index (χ4v) is 2.28. The molecule has 130 valence electrons. The quantitative estimate of drug-likeness (QED) is 0.776. The van der Waals surface area contributed by atoms with Gasteiger partial charge in [-0.1, -0.05) is 32.4 Å². The van der Waals surface area contributed by atoms with Gasteiger partial charge in [-0.2, -0.15) is 0 Å². The second-order valence-corrected chi connectivity index (χ2v) is 5.84. The van der Waals surface area contributed by atoms with Crippen LogP contribution in [0, 0.1) is 5.92 Å². The number of nitrogens with zero attached hydrogens (tertiary/aromatic N) is 1. The highest BCUT2D eigenvalue weighted by molar-refractivity contribution is 5.91. The zero-order chi connectivity index (χ0) is 17.5. The number of hydrogen-bond acceptors (Lipinski definition) is 5. The van der Waals surface area contributed by atoms with Crippen molar-refractivity contribution in [1.82, 2.24) is 10.3 Å². The van der Waals surface area contributed by atoms with E-state index < -0.39 is 0 Å². The van der Waals surface area contributed by atoms with E-state index in [2.05, 4.69) is 17.2 Å². The van der Waals surface area contributed by atoms with Crippen molar-refractivity contribution in [2.24, 2.45) is 11.7 Å². The molecular formula is C18H25N3O3. The van der Waals surface area contributed by atoms with Gasteiger partial charge in [0.2, 0.25) is 5.89 Å². The second-order valence-electron chi connectivity index (χ2n) is 5.84. The van der Waals surface area contributed by atoms with Crippen molar-refractivity contribution >= 4 is 5.91 Å². The summed E-state index contributed by atoms with van der Waals surface area (Å²) in [6.07, 6.45) is 2.99. The molecule has 0 aliphatic carbocycles. The van der Waals surface area contributed by atoms with Gasteiger partial charge < -0.3 is 20.2 Å². The molecule has 0 aliphatic heterocycles. The molecule has 2 unspecified atom stereocenters. The summed E-state index contributed by atoms with van der Waals surface area (Å²) >= 11 is 0. The molecule has 0 spiro atoms. The monoisotopic (exact) mass is 331 g/mol. The Kier molecular flexibility index (Phi) is 6.37. The van der Waals surface area contributed by atoms with E-state index in [1.807, 2.05) is 31.2 Å². The number of amides is 1. The fraction of sp³-hybridized carbons (Fsp3) is 0.444. The number of oxazole rings is 1. The highest BCUT2D eigenvalue weighted by Crippen LogP contribution is 2.21. The lowest BCUT2D eigenvalue weighted by molar-refractivity contribution is 0.0949. The first-order chi connectivity index (χ1) is 11.5. The van der Waals surface area contributed by atoms with E-state index in [1.165, 1.54) is 6.26 Å². The molecule has 1 aromatic heterocycles. The first kappa shape index (κ1) is 18.0. The predicted molar refractivity (Wildman–Crippen MR) is 91.9 cm³/mol. The van der Waals surface area contributed by atoms with E-state index in [-0.39, 0.29) is 23.6 Å². The lowest BCUT2D eigenvalue weighted by atomic mass is 10.0. The Hall–Kier alpha value is -2.34. The summed E-state index contributed by atoms with van der Waals surface area (Å²) in [5, 5.41) is 2.84. The molecule has 0 saturated heterocycles. The molecule has 24 heavy (non-hydrogen) atoms. The summed E-state index contributed by atoms with van der Waals surface area (Å²) in [7, 11) is 1.63. The minimum atomic E-state index is -0.298. The number of hydrogen-bond donors (Lipinski definition) is 2. The van der Waals surface area contributed by atoms with Gasteiger partial charge in [-0.25, -0.2) is 4.98 Å². The normalized spacial score (nSPS) is 13.3. The number of aromatic nitrogens is 1. The first-order valence-electron chi connectivity index (χ1n) is 8.17. The molecule has 0 radical (unpaired) electrons. The van der Waals surface area contributed by atoms with Crippen molar-refractivity contribution in [3.63, 3.8) is 0 Å². The molecule has 6 nitrogen and oxygen atoms in total. The maximum Gasteiger partial charge on any atom is 0.273 e. The Morgan fingerprint density at radius 2 is 2.25 bits per heavy atom. The van der Waals surface area contributed by atoms with Crippen LogP contribution < -0.4 is 15.8 Å². The smallest absolute Gasteiger partial charge is 0.273 e. The number of carbonyl (C=O) groups is 1. The van der Waals surface area contributed by atoms with E-state index in [4.69, 9.17) is 14.9 Å². The molecule has 1 amide bonds. The summed E-state index contributed by atoms with van der Waals surface area (Å²) < 4.78 is 10.5. The van der Waals surface area contributed by atoms with Crippen LogP contribution in [0.4, 0.5) is 0 Å². The fourth-order valence-electron chi connectivity index (χ4n) is 2.28. The molecule has 1 heterocycles. The summed E-state index contributed by atoms with van der Waals surface area (Å²) in [5.41, 5.74) is 7.42. The topological polar surface area (TPSA) is 90.4 Å². The molecule has 1 aromatic carbocycles. The molecular weight excluding hydrogens is 306 g/mol. The summed E-state index contributed by atoms with van der Waals surface area (Å²) in [6.45, 7) is 4.59. The average Bonchev–Trinajstić information content (AvgIpc) is 3.10. The summed E-state index contributed by atoms with van der Waals surface area (Å²) in [6, 6.07) is 7.46. The second kappa shape index (κ2) is 8.49. The third-order valence-electron chi connectivity index (χ3n) is 4.13. The molecule has 2 aromatic rings. The van der Waals surface area contributed by atoms with Gasteiger partial charge in [0.25, 0.3) is 5.91 Å². The number of nitrogens with one attached hydrogen (secondary N) is 1. The standard InChI is InChI=1S/C18H25N3O3/c1-4-12(2)16(19)18-21-15(11-24-18)17(22)20-9-8-13-6-5-7-14(10-13)23-3/h5-7,10-12,16H,4,8-9,19H2,1-3H3,(H,20,22). The molecule has 3 N–H and O–H groups in total. The average molecular weight is 331 g/mol. The zero-order valence-electron chi connectivity index (χ0n) is 14.4. The van der Waals surface area contributed by atoms with Gasteiger partial charge in [0.1, 0.15) is 12.0 Å². The number of benzene rings is 1. The van der Waals surface area contributed by atoms with E-state index >= 15 is 0 Å². The number of nitrogens with two attached hydrogens (primary N) is 1. The molecule has 0 saturated carbocycles. The van der Waals surface area contributed by atoms with Gasteiger partial charge in [-0.15, -0.1) is 0 Å². The van der Waals surface area contributed by atoms with Gasteiger partial charge >= 0.3 is 0 Å². The SMILES string of the molecule is CCC(C)C(N)c1nc(C(=O)NCCc2cccc(OC)c2)co1. The molecule has 0 bridgehead atoms. The van der Waals surface area contributed by atoms with E-state index in [0.717, 1.165) is 17.7 Å². The predicted octanol–water partition coefficient (Wildman–Crippen LogP) is 2.70. The maximum absolute atomic E-state index is 12.1. The van der Waals surface area contributed by atoms with Crippen LogP contribution in [0.25, 0.3) is 0 Å². The van der Waals surface area contributed by atoms with Crippen LogP contribution in [0.1, 0.15) is 48.3 Å². The molecule has 2 atom stereocenters. The van der Waals surface area contributed by atoms with Gasteiger partial charge in [0.05, 0.1) is 13.2 Å². The van der Waals surface area contributed by atoms with Gasteiger partial charge in [0, 0.05) is 6.54 Å². The number of carbonyl (C=O) groups excluding carboxylic acids is 1. The van der Waals surface area contributed by atoms with Crippen LogP contribution in [0.2, 0.25) is 0 Å². The molecule has 6 heteroatoms. The van der Waals surface area contributed by atoms with Crippen LogP contribution >= 0.6 is 0 Å². The van der Waals surface area contributed by atoms with Crippen LogP contribution in [0.3, 0.4) is 0 Å². The van der Waals surface area contributed by atoms with E-state index in [0.29, 0.717) is 18.9 Å². The third-order valence-corrected chi connectivity index (χ3v) is 4.13. The van der Waals surface area contributed by atoms with Crippen LogP contribution in [-0.4, -0.2) is 24.5 Å². The largest absolute Gasteiger partial charge is 0.497 e. The van der Waals surface area contributed by atoms with E-state index in [9.17, 15) is 4.79 Å². The van der Waals surface area contributed by atoms with Crippen molar-refractivity contribution in [3.05, 3.63) is 47.7 Å². The van der Waals surface area contributed by atoms with Crippen molar-refractivity contribution < 1.29 is 13.9 Å². The minimum absolute atomic E-state index is 0.243. The Balaban J connectivity index is 1.87. The first-order valence-corrected chi connectivity index (χ1v) is 8.17. The van der Waals surface area contributed by atoms with Crippen molar-refractivity contribution in [2.45, 2.75) is 32.7 Å². The lowest BCUT2D eigenvalue weighted by Gasteiger charge is -2.13. The summed E-state index contributed by atoms with van der Waals surface area (Å²) in [4.78, 5) is 16.3. The van der Waals surface area contributed by atoms with Crippen LogP contribution in [0.5, 0.6) is 5.75 Å².